The molecule has 0 aliphatic heterocycles. The summed E-state index contributed by atoms with van der Waals surface area (Å²) in [7, 11) is 0. The molecule has 1 heterocycles. The summed E-state index contributed by atoms with van der Waals surface area (Å²) in [5.41, 5.74) is 3.26. The first-order valence-corrected chi connectivity index (χ1v) is 7.02. The van der Waals surface area contributed by atoms with Crippen LogP contribution in [0.1, 0.15) is 24.6 Å². The predicted molar refractivity (Wildman–Crippen MR) is 81.5 cm³/mol. The van der Waals surface area contributed by atoms with Crippen LogP contribution in [-0.2, 0) is 11.3 Å². The number of nitrogens with zero attached hydrogens (tertiary/aromatic N) is 1. The molecular weight excluding hydrogens is 250 g/mol. The van der Waals surface area contributed by atoms with Crippen molar-refractivity contribution in [3.63, 3.8) is 0 Å². The molecule has 0 aliphatic rings. The van der Waals surface area contributed by atoms with E-state index < -0.39 is 0 Å². The first-order chi connectivity index (χ1) is 9.69. The number of pyridine rings is 1. The summed E-state index contributed by atoms with van der Waals surface area (Å²) >= 11 is 0. The number of carbonyl (C=O) groups is 1. The number of hydrogen-bond acceptors (Lipinski definition) is 3. The average Bonchev–Trinajstić information content (AvgIpc) is 2.44. The Morgan fingerprint density at radius 2 is 2.10 bits per heavy atom. The van der Waals surface area contributed by atoms with Gasteiger partial charge in [0.15, 0.2) is 0 Å². The summed E-state index contributed by atoms with van der Waals surface area (Å²) < 4.78 is 0. The van der Waals surface area contributed by atoms with Crippen molar-refractivity contribution in [3.8, 4) is 0 Å². The first-order valence-electron chi connectivity index (χ1n) is 7.02. The van der Waals surface area contributed by atoms with Crippen LogP contribution in [0.4, 0.5) is 0 Å². The molecule has 0 atom stereocenters. The molecule has 2 N–H and O–H groups in total. The number of amides is 1. The number of hydrogen-bond donors (Lipinski definition) is 2. The third-order valence-electron chi connectivity index (χ3n) is 3.12. The van der Waals surface area contributed by atoms with E-state index in [-0.39, 0.29) is 5.91 Å². The second-order valence-electron chi connectivity index (χ2n) is 4.86. The van der Waals surface area contributed by atoms with Gasteiger partial charge in [0.2, 0.25) is 5.91 Å². The Labute approximate surface area is 119 Å². The molecule has 0 bridgehead atoms. The maximum Gasteiger partial charge on any atom is 0.221 e. The number of aromatic nitrogens is 1. The van der Waals surface area contributed by atoms with Gasteiger partial charge in [-0.25, -0.2) is 0 Å². The molecule has 1 amide bonds. The molecule has 0 unspecified atom stereocenters. The molecule has 0 spiro atoms. The Morgan fingerprint density at radius 1 is 1.25 bits per heavy atom. The molecule has 0 fully saturated rings. The SMILES string of the molecule is CCNC(=O)CCNCc1ccc2nc(C)ccc2c1. The lowest BCUT2D eigenvalue weighted by molar-refractivity contribution is -0.120. The molecule has 1 aromatic carbocycles. The van der Waals surface area contributed by atoms with Gasteiger partial charge in [0.25, 0.3) is 0 Å². The van der Waals surface area contributed by atoms with Gasteiger partial charge in [-0.1, -0.05) is 12.1 Å². The number of benzene rings is 1. The molecule has 0 aliphatic carbocycles. The fourth-order valence-electron chi connectivity index (χ4n) is 2.11. The Kier molecular flexibility index (Phi) is 5.07. The van der Waals surface area contributed by atoms with Crippen molar-refractivity contribution >= 4 is 16.8 Å². The lowest BCUT2D eigenvalue weighted by Gasteiger charge is -2.06. The number of carbonyl (C=O) groups excluding carboxylic acids is 1. The maximum absolute atomic E-state index is 11.3. The summed E-state index contributed by atoms with van der Waals surface area (Å²) in [6, 6.07) is 10.4. The van der Waals surface area contributed by atoms with Crippen LogP contribution in [0.15, 0.2) is 30.3 Å². The minimum absolute atomic E-state index is 0.0955. The maximum atomic E-state index is 11.3. The van der Waals surface area contributed by atoms with Crippen LogP contribution in [0.3, 0.4) is 0 Å². The molecule has 106 valence electrons. The lowest BCUT2D eigenvalue weighted by Crippen LogP contribution is -2.27. The van der Waals surface area contributed by atoms with Crippen LogP contribution in [0.2, 0.25) is 0 Å². The quantitative estimate of drug-likeness (QED) is 0.792. The topological polar surface area (TPSA) is 54.0 Å². The minimum Gasteiger partial charge on any atom is -0.356 e. The van der Waals surface area contributed by atoms with Crippen molar-refractivity contribution < 1.29 is 4.79 Å². The predicted octanol–water partition coefficient (Wildman–Crippen LogP) is 2.16. The summed E-state index contributed by atoms with van der Waals surface area (Å²) in [4.78, 5) is 15.8. The van der Waals surface area contributed by atoms with Gasteiger partial charge in [-0.15, -0.1) is 0 Å². The van der Waals surface area contributed by atoms with Crippen molar-refractivity contribution in [2.45, 2.75) is 26.8 Å². The van der Waals surface area contributed by atoms with Gasteiger partial charge >= 0.3 is 0 Å². The van der Waals surface area contributed by atoms with Crippen molar-refractivity contribution in [3.05, 3.63) is 41.6 Å². The molecule has 0 radical (unpaired) electrons. The van der Waals surface area contributed by atoms with Crippen LogP contribution >= 0.6 is 0 Å². The average molecular weight is 271 g/mol. The minimum atomic E-state index is 0.0955. The summed E-state index contributed by atoms with van der Waals surface area (Å²) in [6.07, 6.45) is 0.516. The molecule has 20 heavy (non-hydrogen) atoms. The lowest BCUT2D eigenvalue weighted by atomic mass is 10.1. The van der Waals surface area contributed by atoms with Gasteiger partial charge in [-0.3, -0.25) is 9.78 Å². The summed E-state index contributed by atoms with van der Waals surface area (Å²) in [6.45, 7) is 6.07. The number of rotatable bonds is 6. The van der Waals surface area contributed by atoms with Crippen LogP contribution < -0.4 is 10.6 Å². The van der Waals surface area contributed by atoms with E-state index in [2.05, 4.69) is 33.8 Å². The Hall–Kier alpha value is -1.94. The largest absolute Gasteiger partial charge is 0.356 e. The third-order valence-corrected chi connectivity index (χ3v) is 3.12. The zero-order valence-electron chi connectivity index (χ0n) is 12.1. The van der Waals surface area contributed by atoms with Crippen LogP contribution in [-0.4, -0.2) is 24.0 Å². The Bertz CT molecular complexity index is 595. The van der Waals surface area contributed by atoms with E-state index in [1.807, 2.05) is 26.0 Å². The highest BCUT2D eigenvalue weighted by Gasteiger charge is 2.00. The van der Waals surface area contributed by atoms with Gasteiger partial charge in [0.05, 0.1) is 5.52 Å². The summed E-state index contributed by atoms with van der Waals surface area (Å²) in [5.74, 6) is 0.0955. The van der Waals surface area contributed by atoms with E-state index in [1.165, 1.54) is 5.56 Å². The fourth-order valence-corrected chi connectivity index (χ4v) is 2.11. The van der Waals surface area contributed by atoms with Gasteiger partial charge in [0, 0.05) is 37.1 Å². The van der Waals surface area contributed by atoms with E-state index in [4.69, 9.17) is 0 Å². The molecule has 2 aromatic rings. The second-order valence-corrected chi connectivity index (χ2v) is 4.86. The van der Waals surface area contributed by atoms with Gasteiger partial charge in [-0.2, -0.15) is 0 Å². The van der Waals surface area contributed by atoms with Crippen molar-refractivity contribution in [2.75, 3.05) is 13.1 Å². The summed E-state index contributed by atoms with van der Waals surface area (Å²) in [5, 5.41) is 7.22. The molecular formula is C16H21N3O. The number of nitrogens with one attached hydrogen (secondary N) is 2. The van der Waals surface area contributed by atoms with Crippen molar-refractivity contribution in [1.29, 1.82) is 0 Å². The van der Waals surface area contributed by atoms with E-state index in [1.54, 1.807) is 0 Å². The molecule has 2 rings (SSSR count). The Balaban J connectivity index is 1.87. The molecule has 4 heteroatoms. The fraction of sp³-hybridized carbons (Fsp3) is 0.375. The molecule has 1 aromatic heterocycles. The van der Waals surface area contributed by atoms with Crippen LogP contribution in [0, 0.1) is 6.92 Å². The highest BCUT2D eigenvalue weighted by atomic mass is 16.1. The van der Waals surface area contributed by atoms with Gasteiger partial charge in [0.1, 0.15) is 0 Å². The molecule has 4 nitrogen and oxygen atoms in total. The van der Waals surface area contributed by atoms with E-state index in [0.29, 0.717) is 19.5 Å². The van der Waals surface area contributed by atoms with Crippen LogP contribution in [0.25, 0.3) is 10.9 Å². The zero-order valence-corrected chi connectivity index (χ0v) is 12.1. The van der Waals surface area contributed by atoms with E-state index in [0.717, 1.165) is 23.1 Å². The molecule has 0 saturated heterocycles. The standard InChI is InChI=1S/C16H21N3O/c1-3-18-16(20)8-9-17-11-13-5-7-15-14(10-13)6-4-12(2)19-15/h4-7,10,17H,3,8-9,11H2,1-2H3,(H,18,20). The third kappa shape index (κ3) is 4.03. The molecule has 0 saturated carbocycles. The highest BCUT2D eigenvalue weighted by Crippen LogP contribution is 2.14. The zero-order chi connectivity index (χ0) is 14.4. The van der Waals surface area contributed by atoms with E-state index in [9.17, 15) is 4.79 Å². The van der Waals surface area contributed by atoms with Crippen molar-refractivity contribution in [2.24, 2.45) is 0 Å². The second kappa shape index (κ2) is 7.01. The number of aryl methyl sites for hydroxylation is 1. The smallest absolute Gasteiger partial charge is 0.221 e. The number of fused-ring (bicyclic) bond motifs is 1. The monoisotopic (exact) mass is 271 g/mol. The normalized spacial score (nSPS) is 10.7. The highest BCUT2D eigenvalue weighted by molar-refractivity contribution is 5.79. The van der Waals surface area contributed by atoms with Gasteiger partial charge < -0.3 is 10.6 Å². The van der Waals surface area contributed by atoms with Crippen molar-refractivity contribution in [1.82, 2.24) is 15.6 Å². The van der Waals surface area contributed by atoms with Crippen LogP contribution in [0.5, 0.6) is 0 Å². The van der Waals surface area contributed by atoms with Gasteiger partial charge in [-0.05, 0) is 37.6 Å². The Morgan fingerprint density at radius 3 is 2.90 bits per heavy atom. The van der Waals surface area contributed by atoms with E-state index >= 15 is 0 Å². The first kappa shape index (κ1) is 14.5.